The number of carbonyl (C=O) groups excluding carboxylic acids is 2. The summed E-state index contributed by atoms with van der Waals surface area (Å²) in [7, 11) is 0. The van der Waals surface area contributed by atoms with Crippen LogP contribution >= 0.6 is 0 Å². The molecule has 36 heavy (non-hydrogen) atoms. The van der Waals surface area contributed by atoms with Crippen molar-refractivity contribution >= 4 is 11.8 Å². The van der Waals surface area contributed by atoms with Crippen LogP contribution in [-0.2, 0) is 13.1 Å². The average molecular weight is 499 g/mol. The van der Waals surface area contributed by atoms with Crippen LogP contribution in [0.4, 0.5) is 4.39 Å². The number of rotatable bonds is 7. The van der Waals surface area contributed by atoms with Gasteiger partial charge in [-0.25, -0.2) is 4.39 Å². The van der Waals surface area contributed by atoms with E-state index in [0.29, 0.717) is 23.9 Å². The number of amides is 2. The minimum Gasteiger partial charge on any atom is -0.503 e. The lowest BCUT2D eigenvalue weighted by Gasteiger charge is -2.52. The number of pyridine rings is 1. The highest BCUT2D eigenvalue weighted by Gasteiger charge is 2.44. The van der Waals surface area contributed by atoms with Gasteiger partial charge in [0.15, 0.2) is 11.4 Å². The predicted octanol–water partition coefficient (Wildman–Crippen LogP) is 3.18. The van der Waals surface area contributed by atoms with Gasteiger partial charge in [0.05, 0.1) is 6.54 Å². The highest BCUT2D eigenvalue weighted by Crippen LogP contribution is 2.33. The van der Waals surface area contributed by atoms with Crippen LogP contribution in [0.3, 0.4) is 0 Å². The van der Waals surface area contributed by atoms with Gasteiger partial charge in [-0.2, -0.15) is 0 Å². The van der Waals surface area contributed by atoms with Gasteiger partial charge in [0.1, 0.15) is 17.5 Å². The second kappa shape index (κ2) is 10.4. The molecule has 1 aromatic heterocycles. The Kier molecular flexibility index (Phi) is 7.49. The number of hydrogen-bond acceptors (Lipinski definition) is 5. The lowest BCUT2D eigenvalue weighted by molar-refractivity contribution is -0.0449. The Morgan fingerprint density at radius 3 is 2.47 bits per heavy atom. The highest BCUT2D eigenvalue weighted by molar-refractivity contribution is 5.99. The Morgan fingerprint density at radius 1 is 1.14 bits per heavy atom. The third-order valence-corrected chi connectivity index (χ3v) is 6.89. The van der Waals surface area contributed by atoms with E-state index >= 15 is 0 Å². The van der Waals surface area contributed by atoms with E-state index < -0.39 is 17.1 Å². The van der Waals surface area contributed by atoms with Crippen molar-refractivity contribution in [1.82, 2.24) is 19.7 Å². The first kappa shape index (κ1) is 25.9. The Labute approximate surface area is 210 Å². The van der Waals surface area contributed by atoms with Crippen molar-refractivity contribution in [2.24, 2.45) is 11.8 Å². The number of nitrogens with zero attached hydrogens (tertiary/aromatic N) is 3. The molecule has 2 atom stereocenters. The van der Waals surface area contributed by atoms with Gasteiger partial charge >= 0.3 is 0 Å². The van der Waals surface area contributed by atoms with Crippen molar-refractivity contribution < 1.29 is 19.1 Å². The molecule has 1 fully saturated rings. The van der Waals surface area contributed by atoms with Crippen LogP contribution in [0.25, 0.3) is 0 Å². The summed E-state index contributed by atoms with van der Waals surface area (Å²) in [5, 5.41) is 13.5. The third-order valence-electron chi connectivity index (χ3n) is 6.89. The molecular formula is C27H35FN4O4. The zero-order chi connectivity index (χ0) is 26.1. The first-order chi connectivity index (χ1) is 17.1. The van der Waals surface area contributed by atoms with E-state index in [1.807, 2.05) is 4.90 Å². The number of halogens is 1. The number of nitrogens with one attached hydrogen (secondary N) is 1. The molecule has 0 radical (unpaired) electrons. The van der Waals surface area contributed by atoms with Crippen LogP contribution in [-0.4, -0.2) is 56.6 Å². The summed E-state index contributed by atoms with van der Waals surface area (Å²) in [4.78, 5) is 43.7. The lowest BCUT2D eigenvalue weighted by atomic mass is 9.94. The fraction of sp³-hybridized carbons (Fsp3) is 0.519. The quantitative estimate of drug-likeness (QED) is 0.612. The summed E-state index contributed by atoms with van der Waals surface area (Å²) in [6, 6.07) is 5.68. The van der Waals surface area contributed by atoms with E-state index in [4.69, 9.17) is 0 Å². The smallest absolute Gasteiger partial charge is 0.276 e. The van der Waals surface area contributed by atoms with Gasteiger partial charge in [0.2, 0.25) is 5.43 Å². The summed E-state index contributed by atoms with van der Waals surface area (Å²) in [5.41, 5.74) is -0.502. The van der Waals surface area contributed by atoms with Gasteiger partial charge in [-0.1, -0.05) is 39.8 Å². The Hall–Kier alpha value is -3.20. The van der Waals surface area contributed by atoms with E-state index in [-0.39, 0.29) is 41.7 Å². The van der Waals surface area contributed by atoms with Crippen LogP contribution in [0.1, 0.15) is 66.9 Å². The molecule has 8 nitrogen and oxygen atoms in total. The highest BCUT2D eigenvalue weighted by atomic mass is 19.1. The van der Waals surface area contributed by atoms with E-state index in [0.717, 1.165) is 25.9 Å². The molecule has 0 spiro atoms. The van der Waals surface area contributed by atoms with Crippen molar-refractivity contribution in [3.05, 3.63) is 63.3 Å². The summed E-state index contributed by atoms with van der Waals surface area (Å²) in [5.74, 6) is -1.32. The number of carbonyl (C=O) groups is 2. The second-order valence-corrected chi connectivity index (χ2v) is 10.7. The maximum Gasteiger partial charge on any atom is 0.276 e. The summed E-state index contributed by atoms with van der Waals surface area (Å²) in [6.45, 7) is 10.6. The standard InChI is InChI=1S/C27H35FN4O4/c1-16(2)11-20-9-10-30(13-17(3)4)22-15-31-14-21(24(33)25(34)23(31)27(36)32(20)22)26(35)29-12-18-5-7-19(28)8-6-18/h5-8,14,16-17,20,22,34H,9-13,15H2,1-4H3,(H,29,35)/t20-,22?/m1/s1. The van der Waals surface area contributed by atoms with Gasteiger partial charge in [-0.15, -0.1) is 0 Å². The number of aromatic hydroxyl groups is 1. The van der Waals surface area contributed by atoms with Crippen LogP contribution in [0.15, 0.2) is 35.3 Å². The molecule has 2 aliphatic rings. The molecule has 0 saturated carbocycles. The molecule has 2 aromatic rings. The minimum absolute atomic E-state index is 0.0212. The van der Waals surface area contributed by atoms with Gasteiger partial charge in [-0.3, -0.25) is 19.3 Å². The fourth-order valence-electron chi connectivity index (χ4n) is 5.34. The number of fused-ring (bicyclic) bond motifs is 2. The predicted molar refractivity (Wildman–Crippen MR) is 134 cm³/mol. The van der Waals surface area contributed by atoms with Crippen LogP contribution in [0, 0.1) is 17.7 Å². The van der Waals surface area contributed by atoms with E-state index in [1.165, 1.54) is 18.3 Å². The fourth-order valence-corrected chi connectivity index (χ4v) is 5.34. The zero-order valence-corrected chi connectivity index (χ0v) is 21.3. The van der Waals surface area contributed by atoms with Crippen molar-refractivity contribution in [1.29, 1.82) is 0 Å². The normalized spacial score (nSPS) is 20.0. The van der Waals surface area contributed by atoms with Crippen molar-refractivity contribution in [3.8, 4) is 5.75 Å². The van der Waals surface area contributed by atoms with E-state index in [2.05, 4.69) is 37.9 Å². The summed E-state index contributed by atoms with van der Waals surface area (Å²) >= 11 is 0. The summed E-state index contributed by atoms with van der Waals surface area (Å²) in [6.07, 6.45) is 2.84. The zero-order valence-electron chi connectivity index (χ0n) is 21.3. The average Bonchev–Trinajstić information content (AvgIpc) is 2.81. The van der Waals surface area contributed by atoms with Gasteiger partial charge < -0.3 is 19.9 Å². The van der Waals surface area contributed by atoms with Crippen LogP contribution in [0.2, 0.25) is 0 Å². The summed E-state index contributed by atoms with van der Waals surface area (Å²) < 4.78 is 14.7. The molecule has 2 aliphatic heterocycles. The molecule has 194 valence electrons. The molecule has 2 amide bonds. The maximum atomic E-state index is 13.7. The van der Waals surface area contributed by atoms with Crippen LogP contribution < -0.4 is 10.7 Å². The molecule has 1 unspecified atom stereocenters. The first-order valence-electron chi connectivity index (χ1n) is 12.6. The lowest BCUT2D eigenvalue weighted by Crippen LogP contribution is -2.65. The van der Waals surface area contributed by atoms with Crippen molar-refractivity contribution in [3.63, 3.8) is 0 Å². The van der Waals surface area contributed by atoms with Crippen LogP contribution in [0.5, 0.6) is 5.75 Å². The first-order valence-corrected chi connectivity index (χ1v) is 12.6. The van der Waals surface area contributed by atoms with Gasteiger partial charge in [-0.05, 0) is 42.4 Å². The molecule has 4 rings (SSSR count). The SMILES string of the molecule is CC(C)C[C@H]1CCN(CC(C)C)C2Cn3cc(C(=O)NCc4ccc(F)cc4)c(=O)c(O)c3C(=O)N21. The maximum absolute atomic E-state index is 13.7. The minimum atomic E-state index is -0.874. The topological polar surface area (TPSA) is 94.9 Å². The third kappa shape index (κ3) is 5.16. The van der Waals surface area contributed by atoms with Crippen molar-refractivity contribution in [2.75, 3.05) is 13.1 Å². The molecule has 0 aliphatic carbocycles. The molecule has 1 aromatic carbocycles. The van der Waals surface area contributed by atoms with E-state index in [9.17, 15) is 23.9 Å². The molecular weight excluding hydrogens is 463 g/mol. The Morgan fingerprint density at radius 2 is 1.83 bits per heavy atom. The molecule has 1 saturated heterocycles. The van der Waals surface area contributed by atoms with E-state index in [1.54, 1.807) is 16.7 Å². The number of benzene rings is 1. The molecule has 9 heteroatoms. The molecule has 2 N–H and O–H groups in total. The van der Waals surface area contributed by atoms with Crippen molar-refractivity contribution in [2.45, 2.75) is 65.8 Å². The Bertz CT molecular complexity index is 1190. The number of hydrogen-bond donors (Lipinski definition) is 2. The monoisotopic (exact) mass is 498 g/mol. The second-order valence-electron chi connectivity index (χ2n) is 10.7. The van der Waals surface area contributed by atoms with Gasteiger partial charge in [0.25, 0.3) is 11.8 Å². The molecule has 0 bridgehead atoms. The largest absolute Gasteiger partial charge is 0.503 e. The molecule has 3 heterocycles. The Balaban J connectivity index is 1.66. The van der Waals surface area contributed by atoms with Gasteiger partial charge in [0, 0.05) is 31.9 Å². The number of aromatic nitrogens is 1.